The van der Waals surface area contributed by atoms with Crippen LogP contribution < -0.4 is 5.73 Å². The average molecular weight is 277 g/mol. The highest BCUT2D eigenvalue weighted by molar-refractivity contribution is 6.30. The number of carbonyl (C=O) groups is 2. The molecule has 0 radical (unpaired) electrons. The first-order valence-electron chi connectivity index (χ1n) is 6.35. The monoisotopic (exact) mass is 277 g/mol. The van der Waals surface area contributed by atoms with E-state index in [0.717, 1.165) is 0 Å². The number of fused-ring (bicyclic) bond motifs is 2. The van der Waals surface area contributed by atoms with Gasteiger partial charge in [-0.05, 0) is 12.1 Å². The molecule has 0 aliphatic heterocycles. The summed E-state index contributed by atoms with van der Waals surface area (Å²) in [5, 5.41) is 8.75. The smallest absolute Gasteiger partial charge is 0.196 e. The number of ketones is 2. The van der Waals surface area contributed by atoms with Crippen LogP contribution in [0, 0.1) is 11.8 Å². The predicted molar refractivity (Wildman–Crippen MR) is 78.1 cm³/mol. The molecule has 0 amide bonds. The van der Waals surface area contributed by atoms with Crippen LogP contribution in [-0.4, -0.2) is 23.3 Å². The zero-order chi connectivity index (χ0) is 15.0. The molecule has 3 N–H and O–H groups in total. The van der Waals surface area contributed by atoms with E-state index in [9.17, 15) is 9.59 Å². The minimum Gasteiger partial charge on any atom is -0.397 e. The summed E-state index contributed by atoms with van der Waals surface area (Å²) in [7, 11) is 0. The summed E-state index contributed by atoms with van der Waals surface area (Å²) < 4.78 is 0. The Morgan fingerprint density at radius 2 is 1.62 bits per heavy atom. The first-order chi connectivity index (χ1) is 10.1. The summed E-state index contributed by atoms with van der Waals surface area (Å²) in [5.74, 6) is 4.68. The summed E-state index contributed by atoms with van der Waals surface area (Å²) in [6, 6.07) is 9.83. The van der Waals surface area contributed by atoms with Crippen molar-refractivity contribution in [2.75, 3.05) is 12.3 Å². The molecule has 0 heterocycles. The van der Waals surface area contributed by atoms with Gasteiger partial charge in [-0.25, -0.2) is 0 Å². The van der Waals surface area contributed by atoms with E-state index in [-0.39, 0.29) is 29.4 Å². The van der Waals surface area contributed by atoms with Crippen molar-refractivity contribution in [3.63, 3.8) is 0 Å². The number of nitrogen functional groups attached to an aromatic ring is 1. The van der Waals surface area contributed by atoms with Crippen molar-refractivity contribution in [2.45, 2.75) is 0 Å². The zero-order valence-corrected chi connectivity index (χ0v) is 11.0. The summed E-state index contributed by atoms with van der Waals surface area (Å²) >= 11 is 0. The minimum absolute atomic E-state index is 0.182. The molecule has 1 aliphatic carbocycles. The second-order valence-corrected chi connectivity index (χ2v) is 4.61. The highest BCUT2D eigenvalue weighted by Crippen LogP contribution is 2.32. The third-order valence-corrected chi connectivity index (χ3v) is 3.44. The second kappa shape index (κ2) is 4.89. The van der Waals surface area contributed by atoms with Crippen LogP contribution >= 0.6 is 0 Å². The van der Waals surface area contributed by atoms with Crippen LogP contribution in [0.4, 0.5) is 5.69 Å². The molecule has 0 unspecified atom stereocenters. The molecule has 0 saturated heterocycles. The number of hydrogen-bond donors (Lipinski definition) is 2. The van der Waals surface area contributed by atoms with Crippen LogP contribution in [0.2, 0.25) is 0 Å². The quantitative estimate of drug-likeness (QED) is 0.480. The van der Waals surface area contributed by atoms with Gasteiger partial charge in [0.05, 0.1) is 11.3 Å². The lowest BCUT2D eigenvalue weighted by atomic mass is 9.82. The summed E-state index contributed by atoms with van der Waals surface area (Å²) in [4.78, 5) is 25.0. The van der Waals surface area contributed by atoms with Gasteiger partial charge in [-0.1, -0.05) is 36.1 Å². The first-order valence-corrected chi connectivity index (χ1v) is 6.35. The maximum absolute atomic E-state index is 12.6. The number of rotatable bonds is 0. The molecule has 0 fully saturated rings. The van der Waals surface area contributed by atoms with E-state index >= 15 is 0 Å². The molecule has 1 aliphatic rings. The van der Waals surface area contributed by atoms with Crippen molar-refractivity contribution in [3.05, 3.63) is 64.2 Å². The molecular weight excluding hydrogens is 266 g/mol. The molecule has 2 aromatic carbocycles. The van der Waals surface area contributed by atoms with Crippen LogP contribution in [0.1, 0.15) is 37.4 Å². The SMILES string of the molecule is Nc1c(C#CCO)ccc2c1C(=O)c1ccccc1C2=O. The van der Waals surface area contributed by atoms with Crippen LogP contribution in [0.15, 0.2) is 36.4 Å². The Labute approximate surface area is 121 Å². The third-order valence-electron chi connectivity index (χ3n) is 3.44. The molecule has 102 valence electrons. The third kappa shape index (κ3) is 1.92. The Bertz CT molecular complexity index is 841. The number of benzene rings is 2. The second-order valence-electron chi connectivity index (χ2n) is 4.61. The molecule has 21 heavy (non-hydrogen) atoms. The van der Waals surface area contributed by atoms with Crippen molar-refractivity contribution in [2.24, 2.45) is 0 Å². The number of hydrogen-bond acceptors (Lipinski definition) is 4. The Hall–Kier alpha value is -2.90. The van der Waals surface area contributed by atoms with Gasteiger partial charge in [-0.15, -0.1) is 0 Å². The fourth-order valence-corrected chi connectivity index (χ4v) is 2.46. The molecule has 0 bridgehead atoms. The van der Waals surface area contributed by atoms with Crippen LogP contribution in [0.3, 0.4) is 0 Å². The molecule has 0 aromatic heterocycles. The first kappa shape index (κ1) is 13.1. The van der Waals surface area contributed by atoms with Gasteiger partial charge in [0.15, 0.2) is 11.6 Å². The number of aliphatic hydroxyl groups is 1. The lowest BCUT2D eigenvalue weighted by Gasteiger charge is -2.19. The van der Waals surface area contributed by atoms with E-state index in [1.165, 1.54) is 0 Å². The molecule has 4 heteroatoms. The molecule has 3 rings (SSSR count). The van der Waals surface area contributed by atoms with E-state index in [0.29, 0.717) is 22.3 Å². The van der Waals surface area contributed by atoms with E-state index in [4.69, 9.17) is 10.8 Å². The molecule has 2 aromatic rings. The van der Waals surface area contributed by atoms with Crippen molar-refractivity contribution in [1.29, 1.82) is 0 Å². The lowest BCUT2D eigenvalue weighted by Crippen LogP contribution is -2.22. The van der Waals surface area contributed by atoms with E-state index in [2.05, 4.69) is 11.8 Å². The predicted octanol–water partition coefficient (Wildman–Crippen LogP) is 1.39. The van der Waals surface area contributed by atoms with Gasteiger partial charge in [0.1, 0.15) is 6.61 Å². The lowest BCUT2D eigenvalue weighted by molar-refractivity contribution is 0.0979. The van der Waals surface area contributed by atoms with Crippen LogP contribution in [0.5, 0.6) is 0 Å². The normalized spacial score (nSPS) is 12.2. The number of anilines is 1. The summed E-state index contributed by atoms with van der Waals surface area (Å²) in [5.41, 5.74) is 7.86. The molecule has 0 saturated carbocycles. The molecule has 0 atom stereocenters. The topological polar surface area (TPSA) is 80.4 Å². The van der Waals surface area contributed by atoms with Crippen LogP contribution in [-0.2, 0) is 0 Å². The standard InChI is InChI=1S/C17H11NO3/c18-15-10(4-3-9-19)7-8-13-14(15)17(21)12-6-2-1-5-11(12)16(13)20/h1-2,5-8,19H,9,18H2. The van der Waals surface area contributed by atoms with Crippen LogP contribution in [0.25, 0.3) is 0 Å². The fourth-order valence-electron chi connectivity index (χ4n) is 2.46. The highest BCUT2D eigenvalue weighted by Gasteiger charge is 2.31. The number of carbonyl (C=O) groups excluding carboxylic acids is 2. The van der Waals surface area contributed by atoms with Gasteiger partial charge in [-0.2, -0.15) is 0 Å². The largest absolute Gasteiger partial charge is 0.397 e. The summed E-state index contributed by atoms with van der Waals surface area (Å²) in [6.07, 6.45) is 0. The van der Waals surface area contributed by atoms with Gasteiger partial charge in [0, 0.05) is 22.3 Å². The van der Waals surface area contributed by atoms with Gasteiger partial charge in [0.2, 0.25) is 0 Å². The Balaban J connectivity index is 2.26. The maximum atomic E-state index is 12.6. The minimum atomic E-state index is -0.299. The Kier molecular flexibility index (Phi) is 3.05. The molecular formula is C17H11NO3. The fraction of sp³-hybridized carbons (Fsp3) is 0.0588. The maximum Gasteiger partial charge on any atom is 0.196 e. The van der Waals surface area contributed by atoms with Gasteiger partial charge in [-0.3, -0.25) is 9.59 Å². The van der Waals surface area contributed by atoms with E-state index < -0.39 is 0 Å². The van der Waals surface area contributed by atoms with Crippen molar-refractivity contribution >= 4 is 17.3 Å². The number of aliphatic hydroxyl groups excluding tert-OH is 1. The molecule has 0 spiro atoms. The Morgan fingerprint density at radius 3 is 2.29 bits per heavy atom. The Morgan fingerprint density at radius 1 is 0.952 bits per heavy atom. The van der Waals surface area contributed by atoms with E-state index in [1.807, 2.05) is 0 Å². The van der Waals surface area contributed by atoms with Crippen molar-refractivity contribution < 1.29 is 14.7 Å². The number of nitrogens with two attached hydrogens (primary N) is 1. The van der Waals surface area contributed by atoms with Crippen molar-refractivity contribution in [3.8, 4) is 11.8 Å². The van der Waals surface area contributed by atoms with Gasteiger partial charge >= 0.3 is 0 Å². The summed E-state index contributed by atoms with van der Waals surface area (Å²) in [6.45, 7) is -0.299. The van der Waals surface area contributed by atoms with Gasteiger partial charge < -0.3 is 10.8 Å². The van der Waals surface area contributed by atoms with Gasteiger partial charge in [0.25, 0.3) is 0 Å². The zero-order valence-electron chi connectivity index (χ0n) is 11.0. The van der Waals surface area contributed by atoms with E-state index in [1.54, 1.807) is 36.4 Å². The van der Waals surface area contributed by atoms with Crippen molar-refractivity contribution in [1.82, 2.24) is 0 Å². The molecule has 4 nitrogen and oxygen atoms in total. The highest BCUT2D eigenvalue weighted by atomic mass is 16.2. The average Bonchev–Trinajstić information content (AvgIpc) is 2.51.